The molecule has 0 bridgehead atoms. The molecule has 0 radical (unpaired) electrons. The summed E-state index contributed by atoms with van der Waals surface area (Å²) in [6, 6.07) is 4.76. The van der Waals surface area contributed by atoms with Crippen molar-refractivity contribution in [2.75, 3.05) is 0 Å². The van der Waals surface area contributed by atoms with E-state index in [1.165, 1.54) is 18.2 Å². The van der Waals surface area contributed by atoms with Crippen LogP contribution in [0.15, 0.2) is 39.3 Å². The normalized spacial score (nSPS) is 12.2. The zero-order chi connectivity index (χ0) is 14.0. The Kier molecular flexibility index (Phi) is 3.24. The molecular weight excluding hydrogens is 261 g/mol. The molecular formula is C11H9F3N4O. The number of rotatable bonds is 2. The van der Waals surface area contributed by atoms with Crippen molar-refractivity contribution in [1.29, 1.82) is 0 Å². The van der Waals surface area contributed by atoms with E-state index in [1.54, 1.807) is 6.92 Å². The minimum absolute atomic E-state index is 0.0445. The van der Waals surface area contributed by atoms with Gasteiger partial charge in [0.05, 0.1) is 16.9 Å². The van der Waals surface area contributed by atoms with Crippen molar-refractivity contribution in [1.82, 2.24) is 10.2 Å². The van der Waals surface area contributed by atoms with Gasteiger partial charge < -0.3 is 5.10 Å². The molecule has 2 rings (SSSR count). The summed E-state index contributed by atoms with van der Waals surface area (Å²) in [6.07, 6.45) is -4.52. The number of aryl methyl sites for hydroxylation is 1. The molecule has 19 heavy (non-hydrogen) atoms. The van der Waals surface area contributed by atoms with E-state index < -0.39 is 17.3 Å². The van der Waals surface area contributed by atoms with Gasteiger partial charge in [0.2, 0.25) is 0 Å². The van der Waals surface area contributed by atoms with E-state index in [-0.39, 0.29) is 11.4 Å². The molecule has 8 heteroatoms. The molecule has 0 saturated carbocycles. The molecule has 5 nitrogen and oxygen atoms in total. The molecule has 2 aromatic rings. The zero-order valence-corrected chi connectivity index (χ0v) is 9.75. The van der Waals surface area contributed by atoms with Gasteiger partial charge in [-0.1, -0.05) is 12.1 Å². The number of nitrogens with zero attached hydrogens (tertiary/aromatic N) is 2. The van der Waals surface area contributed by atoms with Gasteiger partial charge in [-0.3, -0.25) is 9.89 Å². The highest BCUT2D eigenvalue weighted by molar-refractivity contribution is 5.48. The summed E-state index contributed by atoms with van der Waals surface area (Å²) in [5.41, 5.74) is -1.42. The quantitative estimate of drug-likeness (QED) is 0.806. The Balaban J connectivity index is 2.43. The van der Waals surface area contributed by atoms with Crippen LogP contribution in [0, 0.1) is 6.92 Å². The molecule has 0 unspecified atom stereocenters. The molecule has 0 aliphatic heterocycles. The minimum atomic E-state index is -4.52. The van der Waals surface area contributed by atoms with Gasteiger partial charge in [-0.2, -0.15) is 13.2 Å². The van der Waals surface area contributed by atoms with Crippen LogP contribution in [0.5, 0.6) is 0 Å². The number of aromatic nitrogens is 2. The number of halogens is 3. The largest absolute Gasteiger partial charge is 0.418 e. The van der Waals surface area contributed by atoms with Gasteiger partial charge in [0.1, 0.15) is 0 Å². The Labute approximate surface area is 105 Å². The predicted octanol–water partition coefficient (Wildman–Crippen LogP) is 3.45. The molecule has 2 N–H and O–H groups in total. The summed E-state index contributed by atoms with van der Waals surface area (Å²) in [5, 5.41) is 11.8. The van der Waals surface area contributed by atoms with Crippen LogP contribution in [0.4, 0.5) is 24.5 Å². The van der Waals surface area contributed by atoms with Gasteiger partial charge in [-0.25, -0.2) is 0 Å². The highest BCUT2D eigenvalue weighted by atomic mass is 19.4. The maximum Gasteiger partial charge on any atom is 0.418 e. The van der Waals surface area contributed by atoms with E-state index in [2.05, 4.69) is 20.4 Å². The summed E-state index contributed by atoms with van der Waals surface area (Å²) in [4.78, 5) is 11.3. The topological polar surface area (TPSA) is 73.4 Å². The second kappa shape index (κ2) is 4.71. The van der Waals surface area contributed by atoms with E-state index >= 15 is 0 Å². The Morgan fingerprint density at radius 3 is 2.37 bits per heavy atom. The van der Waals surface area contributed by atoms with E-state index in [0.717, 1.165) is 6.07 Å². The van der Waals surface area contributed by atoms with Crippen LogP contribution in [0.2, 0.25) is 0 Å². The van der Waals surface area contributed by atoms with Crippen LogP contribution in [0.25, 0.3) is 0 Å². The number of azo groups is 1. The SMILES string of the molecule is Cc1[nH][nH]c(=O)c1N=Nc1ccccc1C(F)(F)F. The summed E-state index contributed by atoms with van der Waals surface area (Å²) >= 11 is 0. The lowest BCUT2D eigenvalue weighted by molar-refractivity contribution is -0.137. The van der Waals surface area contributed by atoms with Crippen LogP contribution in [-0.4, -0.2) is 10.2 Å². The van der Waals surface area contributed by atoms with Crippen LogP contribution >= 0.6 is 0 Å². The first-order valence-corrected chi connectivity index (χ1v) is 5.25. The Morgan fingerprint density at radius 1 is 1.11 bits per heavy atom. The van der Waals surface area contributed by atoms with Crippen molar-refractivity contribution in [3.8, 4) is 0 Å². The maximum atomic E-state index is 12.7. The molecule has 100 valence electrons. The number of aromatic amines is 2. The first-order chi connectivity index (χ1) is 8.89. The monoisotopic (exact) mass is 270 g/mol. The molecule has 0 saturated heterocycles. The summed E-state index contributed by atoms with van der Waals surface area (Å²) in [5.74, 6) is 0. The smallest absolute Gasteiger partial charge is 0.300 e. The molecule has 0 amide bonds. The number of benzene rings is 1. The number of H-pyrrole nitrogens is 2. The Bertz CT molecular complexity index is 669. The lowest BCUT2D eigenvalue weighted by Crippen LogP contribution is -2.04. The fourth-order valence-corrected chi connectivity index (χ4v) is 1.46. The van der Waals surface area contributed by atoms with Crippen molar-refractivity contribution < 1.29 is 13.2 Å². The molecule has 1 aromatic heterocycles. The zero-order valence-electron chi connectivity index (χ0n) is 9.75. The van der Waals surface area contributed by atoms with E-state index in [1.807, 2.05) is 0 Å². The molecule has 1 heterocycles. The fourth-order valence-electron chi connectivity index (χ4n) is 1.46. The Hall–Kier alpha value is -2.38. The summed E-state index contributed by atoms with van der Waals surface area (Å²) < 4.78 is 38.1. The summed E-state index contributed by atoms with van der Waals surface area (Å²) in [7, 11) is 0. The van der Waals surface area contributed by atoms with Gasteiger partial charge in [0, 0.05) is 0 Å². The third-order valence-electron chi connectivity index (χ3n) is 2.40. The van der Waals surface area contributed by atoms with Gasteiger partial charge in [0.15, 0.2) is 5.69 Å². The molecule has 0 spiro atoms. The first kappa shape index (κ1) is 13.1. The fraction of sp³-hybridized carbons (Fsp3) is 0.182. The average Bonchev–Trinajstić information content (AvgIpc) is 2.66. The Morgan fingerprint density at radius 2 is 1.79 bits per heavy atom. The molecule has 1 aromatic carbocycles. The number of hydrogen-bond acceptors (Lipinski definition) is 3. The molecule has 0 fully saturated rings. The molecule has 0 aliphatic rings. The van der Waals surface area contributed by atoms with Gasteiger partial charge in [0.25, 0.3) is 5.56 Å². The van der Waals surface area contributed by atoms with Crippen LogP contribution in [-0.2, 0) is 6.18 Å². The highest BCUT2D eigenvalue weighted by Gasteiger charge is 2.33. The lowest BCUT2D eigenvalue weighted by atomic mass is 10.2. The van der Waals surface area contributed by atoms with Crippen molar-refractivity contribution >= 4 is 11.4 Å². The van der Waals surface area contributed by atoms with Crippen molar-refractivity contribution in [2.45, 2.75) is 13.1 Å². The van der Waals surface area contributed by atoms with E-state index in [0.29, 0.717) is 5.69 Å². The third kappa shape index (κ3) is 2.72. The summed E-state index contributed by atoms with van der Waals surface area (Å²) in [6.45, 7) is 1.56. The standard InChI is InChI=1S/C11H9F3N4O/c1-6-9(10(19)18-15-6)17-16-8-5-3-2-4-7(8)11(12,13)14/h2-5H,1H3,(H2,15,18,19). The van der Waals surface area contributed by atoms with Gasteiger partial charge >= 0.3 is 6.18 Å². The van der Waals surface area contributed by atoms with Crippen LogP contribution in [0.1, 0.15) is 11.3 Å². The van der Waals surface area contributed by atoms with Crippen molar-refractivity contribution in [3.63, 3.8) is 0 Å². The molecule has 0 aliphatic carbocycles. The van der Waals surface area contributed by atoms with E-state index in [9.17, 15) is 18.0 Å². The van der Waals surface area contributed by atoms with Crippen molar-refractivity contribution in [3.05, 3.63) is 45.9 Å². The second-order valence-corrected chi connectivity index (χ2v) is 3.77. The first-order valence-electron chi connectivity index (χ1n) is 5.25. The highest BCUT2D eigenvalue weighted by Crippen LogP contribution is 2.36. The lowest BCUT2D eigenvalue weighted by Gasteiger charge is -2.07. The van der Waals surface area contributed by atoms with Crippen LogP contribution in [0.3, 0.4) is 0 Å². The maximum absolute atomic E-state index is 12.7. The number of hydrogen-bond donors (Lipinski definition) is 2. The van der Waals surface area contributed by atoms with Crippen molar-refractivity contribution in [2.24, 2.45) is 10.2 Å². The number of nitrogens with one attached hydrogen (secondary N) is 2. The number of alkyl halides is 3. The predicted molar refractivity (Wildman–Crippen MR) is 61.8 cm³/mol. The van der Waals surface area contributed by atoms with Gasteiger partial charge in [-0.15, -0.1) is 10.2 Å². The van der Waals surface area contributed by atoms with Gasteiger partial charge in [-0.05, 0) is 19.1 Å². The van der Waals surface area contributed by atoms with Crippen LogP contribution < -0.4 is 5.56 Å². The third-order valence-corrected chi connectivity index (χ3v) is 2.40. The molecule has 0 atom stereocenters. The van der Waals surface area contributed by atoms with E-state index in [4.69, 9.17) is 0 Å². The minimum Gasteiger partial charge on any atom is -0.300 e. The second-order valence-electron chi connectivity index (χ2n) is 3.77. The average molecular weight is 270 g/mol.